The van der Waals surface area contributed by atoms with Crippen LogP contribution in [0.3, 0.4) is 0 Å². The summed E-state index contributed by atoms with van der Waals surface area (Å²) in [6.45, 7) is 3.97. The van der Waals surface area contributed by atoms with Gasteiger partial charge in [-0.3, -0.25) is 0 Å². The van der Waals surface area contributed by atoms with E-state index >= 15 is 0 Å². The van der Waals surface area contributed by atoms with Gasteiger partial charge in [0.05, 0.1) is 0 Å². The molecule has 2 aliphatic rings. The number of hydrogen-bond acceptors (Lipinski definition) is 2. The molecule has 0 radical (unpaired) electrons. The number of nitrogens with zero attached hydrogens (tertiary/aromatic N) is 6. The lowest BCUT2D eigenvalue weighted by Gasteiger charge is -2.27. The zero-order valence-corrected chi connectivity index (χ0v) is 18.4. The molecule has 0 aromatic heterocycles. The molecular formula is C24H32N6. The Morgan fingerprint density at radius 1 is 0.533 bits per heavy atom. The molecule has 4 rings (SSSR count). The third-order valence-corrected chi connectivity index (χ3v) is 6.00. The quantitative estimate of drug-likeness (QED) is 0.768. The fourth-order valence-corrected chi connectivity index (χ4v) is 4.18. The highest BCUT2D eigenvalue weighted by atomic mass is 15.4. The monoisotopic (exact) mass is 404 g/mol. The Morgan fingerprint density at radius 3 is 1.13 bits per heavy atom. The molecule has 0 unspecified atom stereocenters. The molecule has 2 aliphatic heterocycles. The van der Waals surface area contributed by atoms with Gasteiger partial charge in [0.25, 0.3) is 0 Å². The lowest BCUT2D eigenvalue weighted by atomic mass is 9.94. The standard InChI is InChI=1S/C24H32N6/c1-27-15-16-28(2)23(27)25-21(19-11-7-5-8-12-19)22(20-13-9-6-10-14-20)26-24-29(3)17-18-30(24)4/h5-14,21-22H,15-18H2,1-4H3/t21-,22-/m1/s1. The van der Waals surface area contributed by atoms with Gasteiger partial charge in [-0.05, 0) is 11.1 Å². The van der Waals surface area contributed by atoms with Gasteiger partial charge in [0.15, 0.2) is 11.9 Å². The topological polar surface area (TPSA) is 37.7 Å². The lowest BCUT2D eigenvalue weighted by molar-refractivity contribution is 0.502. The number of benzene rings is 2. The summed E-state index contributed by atoms with van der Waals surface area (Å²) < 4.78 is 0. The smallest absolute Gasteiger partial charge is 0.196 e. The molecule has 0 N–H and O–H groups in total. The summed E-state index contributed by atoms with van der Waals surface area (Å²) >= 11 is 0. The molecule has 158 valence electrons. The first kappa shape index (κ1) is 20.3. The Morgan fingerprint density at radius 2 is 0.833 bits per heavy atom. The van der Waals surface area contributed by atoms with Crippen LogP contribution in [0.15, 0.2) is 70.6 Å². The first-order valence-corrected chi connectivity index (χ1v) is 10.6. The third-order valence-electron chi connectivity index (χ3n) is 6.00. The molecule has 6 heteroatoms. The van der Waals surface area contributed by atoms with Crippen LogP contribution in [0.1, 0.15) is 23.2 Å². The Balaban J connectivity index is 1.85. The molecule has 0 spiro atoms. The van der Waals surface area contributed by atoms with Crippen LogP contribution in [-0.4, -0.2) is 85.9 Å². The largest absolute Gasteiger partial charge is 0.344 e. The Bertz CT molecular complexity index is 795. The fraction of sp³-hybridized carbons (Fsp3) is 0.417. The van der Waals surface area contributed by atoms with E-state index < -0.39 is 0 Å². The van der Waals surface area contributed by atoms with E-state index in [2.05, 4.69) is 108 Å². The highest BCUT2D eigenvalue weighted by Gasteiger charge is 2.30. The molecule has 30 heavy (non-hydrogen) atoms. The normalized spacial score (nSPS) is 18.8. The van der Waals surface area contributed by atoms with Crippen molar-refractivity contribution in [2.24, 2.45) is 9.98 Å². The van der Waals surface area contributed by atoms with Crippen LogP contribution in [0.25, 0.3) is 0 Å². The minimum Gasteiger partial charge on any atom is -0.344 e. The van der Waals surface area contributed by atoms with Crippen molar-refractivity contribution < 1.29 is 0 Å². The number of hydrogen-bond donors (Lipinski definition) is 0. The van der Waals surface area contributed by atoms with Crippen LogP contribution in [-0.2, 0) is 0 Å². The second kappa shape index (κ2) is 8.78. The first-order valence-electron chi connectivity index (χ1n) is 10.6. The predicted octanol–water partition coefficient (Wildman–Crippen LogP) is 2.94. The molecule has 2 atom stereocenters. The Kier molecular flexibility index (Phi) is 5.93. The maximum Gasteiger partial charge on any atom is 0.196 e. The third kappa shape index (κ3) is 4.13. The van der Waals surface area contributed by atoms with E-state index in [4.69, 9.17) is 9.98 Å². The summed E-state index contributed by atoms with van der Waals surface area (Å²) in [6, 6.07) is 20.9. The van der Waals surface area contributed by atoms with E-state index in [0.717, 1.165) is 38.1 Å². The van der Waals surface area contributed by atoms with E-state index in [-0.39, 0.29) is 12.1 Å². The van der Waals surface area contributed by atoms with Crippen LogP contribution in [0.4, 0.5) is 0 Å². The summed E-state index contributed by atoms with van der Waals surface area (Å²) in [5.41, 5.74) is 2.36. The van der Waals surface area contributed by atoms with Gasteiger partial charge in [-0.15, -0.1) is 0 Å². The highest BCUT2D eigenvalue weighted by Crippen LogP contribution is 2.37. The number of likely N-dealkylation sites (N-methyl/N-ethyl adjacent to an activating group) is 4. The minimum absolute atomic E-state index is 0.110. The number of guanidine groups is 2. The maximum atomic E-state index is 5.30. The first-order chi connectivity index (χ1) is 14.5. The van der Waals surface area contributed by atoms with E-state index in [9.17, 15) is 0 Å². The van der Waals surface area contributed by atoms with Crippen LogP contribution < -0.4 is 0 Å². The van der Waals surface area contributed by atoms with Crippen molar-refractivity contribution in [3.8, 4) is 0 Å². The SMILES string of the molecule is CN1CCN(C)C1=N[C@H](c1ccccc1)[C@H](N=C1N(C)CCN1C)c1ccccc1. The molecule has 0 aliphatic carbocycles. The Hall–Kier alpha value is -3.02. The molecule has 0 bridgehead atoms. The van der Waals surface area contributed by atoms with Gasteiger partial charge in [-0.2, -0.15) is 0 Å². The maximum absolute atomic E-state index is 5.30. The van der Waals surface area contributed by atoms with Crippen molar-refractivity contribution in [3.05, 3.63) is 71.8 Å². The zero-order valence-electron chi connectivity index (χ0n) is 18.4. The molecule has 2 heterocycles. The van der Waals surface area contributed by atoms with Gasteiger partial charge in [0, 0.05) is 54.4 Å². The van der Waals surface area contributed by atoms with E-state index in [1.54, 1.807) is 0 Å². The van der Waals surface area contributed by atoms with E-state index in [1.165, 1.54) is 11.1 Å². The number of rotatable bonds is 5. The zero-order chi connectivity index (χ0) is 21.1. The van der Waals surface area contributed by atoms with E-state index in [0.29, 0.717) is 0 Å². The van der Waals surface area contributed by atoms with Crippen molar-refractivity contribution >= 4 is 11.9 Å². The van der Waals surface area contributed by atoms with Gasteiger partial charge >= 0.3 is 0 Å². The average molecular weight is 405 g/mol. The molecule has 2 fully saturated rings. The van der Waals surface area contributed by atoms with Crippen molar-refractivity contribution in [1.82, 2.24) is 19.6 Å². The van der Waals surface area contributed by atoms with Gasteiger partial charge < -0.3 is 19.6 Å². The summed E-state index contributed by atoms with van der Waals surface area (Å²) in [4.78, 5) is 19.5. The number of aliphatic imine (C=N–C) groups is 2. The summed E-state index contributed by atoms with van der Waals surface area (Å²) in [7, 11) is 8.47. The van der Waals surface area contributed by atoms with Crippen LogP contribution in [0, 0.1) is 0 Å². The van der Waals surface area contributed by atoms with Crippen molar-refractivity contribution in [1.29, 1.82) is 0 Å². The highest BCUT2D eigenvalue weighted by molar-refractivity contribution is 5.83. The van der Waals surface area contributed by atoms with Crippen LogP contribution in [0.5, 0.6) is 0 Å². The Labute approximate surface area is 180 Å². The van der Waals surface area contributed by atoms with Crippen LogP contribution >= 0.6 is 0 Å². The van der Waals surface area contributed by atoms with Crippen molar-refractivity contribution in [2.45, 2.75) is 12.1 Å². The second-order valence-corrected chi connectivity index (χ2v) is 8.26. The molecule has 2 aromatic rings. The molecule has 2 saturated heterocycles. The van der Waals surface area contributed by atoms with Gasteiger partial charge in [0.1, 0.15) is 12.1 Å². The summed E-state index contributed by atoms with van der Waals surface area (Å²) in [5.74, 6) is 2.05. The van der Waals surface area contributed by atoms with Crippen molar-refractivity contribution in [2.75, 3.05) is 54.4 Å². The molecule has 6 nitrogen and oxygen atoms in total. The summed E-state index contributed by atoms with van der Waals surface area (Å²) in [5, 5.41) is 0. The average Bonchev–Trinajstić information content (AvgIpc) is 3.26. The molecule has 0 amide bonds. The van der Waals surface area contributed by atoms with Gasteiger partial charge in [-0.25, -0.2) is 9.98 Å². The van der Waals surface area contributed by atoms with Gasteiger partial charge in [0.2, 0.25) is 0 Å². The minimum atomic E-state index is -0.110. The summed E-state index contributed by atoms with van der Waals surface area (Å²) in [6.07, 6.45) is 0. The van der Waals surface area contributed by atoms with E-state index in [1.807, 2.05) is 0 Å². The fourth-order valence-electron chi connectivity index (χ4n) is 4.18. The van der Waals surface area contributed by atoms with Crippen molar-refractivity contribution in [3.63, 3.8) is 0 Å². The molecule has 2 aromatic carbocycles. The van der Waals surface area contributed by atoms with Crippen LogP contribution in [0.2, 0.25) is 0 Å². The lowest BCUT2D eigenvalue weighted by Crippen LogP contribution is -2.31. The predicted molar refractivity (Wildman–Crippen MR) is 124 cm³/mol. The molecule has 0 saturated carbocycles. The van der Waals surface area contributed by atoms with Gasteiger partial charge in [-0.1, -0.05) is 60.7 Å². The second-order valence-electron chi connectivity index (χ2n) is 8.26. The molecular weight excluding hydrogens is 372 g/mol.